The number of ketones is 1. The van der Waals surface area contributed by atoms with Crippen molar-refractivity contribution in [2.75, 3.05) is 12.3 Å². The minimum atomic E-state index is -2.08. The fraction of sp³-hybridized carbons (Fsp3) is 0.368. The quantitative estimate of drug-likeness (QED) is 0.252. The van der Waals surface area contributed by atoms with Gasteiger partial charge < -0.3 is 37.3 Å². The van der Waals surface area contributed by atoms with Gasteiger partial charge in [-0.3, -0.25) is 9.36 Å². The molecule has 0 amide bonds. The molecule has 4 rings (SSSR count). The molecule has 1 saturated heterocycles. The summed E-state index contributed by atoms with van der Waals surface area (Å²) < 4.78 is 7.12. The summed E-state index contributed by atoms with van der Waals surface area (Å²) in [7, 11) is 0. The van der Waals surface area contributed by atoms with Crippen molar-refractivity contribution in [3.8, 4) is 5.75 Å². The lowest BCUT2D eigenvalue weighted by Gasteiger charge is -2.34. The van der Waals surface area contributed by atoms with Crippen molar-refractivity contribution in [3.63, 3.8) is 0 Å². The second-order valence-electron chi connectivity index (χ2n) is 7.44. The van der Waals surface area contributed by atoms with Gasteiger partial charge in [-0.1, -0.05) is 12.1 Å². The van der Waals surface area contributed by atoms with E-state index in [-0.39, 0.29) is 29.2 Å². The minimum Gasteiger partial charge on any atom is -0.508 e. The third kappa shape index (κ3) is 3.30. The van der Waals surface area contributed by atoms with Crippen molar-refractivity contribution in [2.24, 2.45) is 11.5 Å². The van der Waals surface area contributed by atoms with E-state index in [1.165, 1.54) is 29.4 Å². The number of hydrogen-bond donors (Lipinski definition) is 6. The van der Waals surface area contributed by atoms with Gasteiger partial charge in [0.25, 0.3) is 0 Å². The Balaban J connectivity index is 1.80. The summed E-state index contributed by atoms with van der Waals surface area (Å²) >= 11 is 0. The number of aliphatic hydroxyl groups excluding tert-OH is 2. The lowest BCUT2D eigenvalue weighted by Crippen LogP contribution is -2.58. The molecular formula is C19H23N7O5. The van der Waals surface area contributed by atoms with Crippen LogP contribution in [0.5, 0.6) is 5.75 Å². The van der Waals surface area contributed by atoms with Crippen LogP contribution in [0.15, 0.2) is 36.9 Å². The lowest BCUT2D eigenvalue weighted by atomic mass is 9.90. The van der Waals surface area contributed by atoms with E-state index >= 15 is 0 Å². The smallest absolute Gasteiger partial charge is 0.237 e. The van der Waals surface area contributed by atoms with Gasteiger partial charge in [0.2, 0.25) is 11.5 Å². The molecule has 164 valence electrons. The standard InChI is InChI=1S/C19H23N7O5/c20-11(5-9-1-3-10(28)4-2-9)15(29)19(16(30)13(21)12(6-27)31-19)26-8-25-14-17(22)23-7-24-18(14)26/h1-4,7-8,11-13,16,27-28,30H,5-6,20-21H2,(H2,22,23,24)/t11-,12+,13+,16+,19+/m0/s1. The van der Waals surface area contributed by atoms with E-state index in [1.807, 2.05) is 0 Å². The number of carbonyl (C=O) groups excluding carboxylic acids is 1. The Kier molecular flexibility index (Phi) is 5.33. The highest BCUT2D eigenvalue weighted by Gasteiger charge is 2.60. The number of nitrogen functional groups attached to an aromatic ring is 1. The van der Waals surface area contributed by atoms with Gasteiger partial charge in [0, 0.05) is 0 Å². The number of phenolic OH excluding ortho intramolecular Hbond substituents is 1. The third-order valence-electron chi connectivity index (χ3n) is 5.51. The second kappa shape index (κ2) is 7.83. The first-order valence-electron chi connectivity index (χ1n) is 9.53. The normalized spacial score (nSPS) is 26.9. The van der Waals surface area contributed by atoms with Gasteiger partial charge in [-0.15, -0.1) is 0 Å². The maximum absolute atomic E-state index is 13.7. The van der Waals surface area contributed by atoms with E-state index in [0.717, 1.165) is 0 Å². The van der Waals surface area contributed by atoms with Gasteiger partial charge >= 0.3 is 0 Å². The van der Waals surface area contributed by atoms with Crippen molar-refractivity contribution in [2.45, 2.75) is 36.4 Å². The maximum Gasteiger partial charge on any atom is 0.237 e. The Morgan fingerprint density at radius 2 is 1.97 bits per heavy atom. The predicted octanol–water partition coefficient (Wildman–Crippen LogP) is -2.01. The molecule has 0 aliphatic carbocycles. The molecule has 3 aromatic rings. The predicted molar refractivity (Wildman–Crippen MR) is 108 cm³/mol. The number of imidazole rings is 1. The first-order valence-corrected chi connectivity index (χ1v) is 9.53. The van der Waals surface area contributed by atoms with E-state index in [1.54, 1.807) is 12.1 Å². The average Bonchev–Trinajstić information content (AvgIpc) is 3.30. The molecule has 2 aromatic heterocycles. The van der Waals surface area contributed by atoms with E-state index in [2.05, 4.69) is 15.0 Å². The number of benzene rings is 1. The van der Waals surface area contributed by atoms with Crippen LogP contribution < -0.4 is 17.2 Å². The van der Waals surface area contributed by atoms with Crippen molar-refractivity contribution in [1.82, 2.24) is 19.5 Å². The summed E-state index contributed by atoms with van der Waals surface area (Å²) in [5, 5.41) is 30.2. The fourth-order valence-corrected chi connectivity index (χ4v) is 3.86. The van der Waals surface area contributed by atoms with Gasteiger partial charge in [0.05, 0.1) is 18.7 Å². The summed E-state index contributed by atoms with van der Waals surface area (Å²) in [6, 6.07) is 4.01. The first kappa shape index (κ1) is 21.1. The van der Waals surface area contributed by atoms with Crippen LogP contribution in [0.1, 0.15) is 5.56 Å². The largest absolute Gasteiger partial charge is 0.508 e. The molecule has 1 fully saturated rings. The molecule has 0 saturated carbocycles. The van der Waals surface area contributed by atoms with Gasteiger partial charge in [-0.2, -0.15) is 0 Å². The maximum atomic E-state index is 13.7. The van der Waals surface area contributed by atoms with Crippen molar-refractivity contribution >= 4 is 22.8 Å². The zero-order valence-corrected chi connectivity index (χ0v) is 16.4. The van der Waals surface area contributed by atoms with E-state index in [0.29, 0.717) is 5.56 Å². The second-order valence-corrected chi connectivity index (χ2v) is 7.44. The average molecular weight is 429 g/mol. The number of hydrogen-bond acceptors (Lipinski definition) is 11. The van der Waals surface area contributed by atoms with Crippen molar-refractivity contribution in [3.05, 3.63) is 42.5 Å². The molecular weight excluding hydrogens is 406 g/mol. The van der Waals surface area contributed by atoms with Crippen LogP contribution >= 0.6 is 0 Å². The molecule has 0 radical (unpaired) electrons. The van der Waals surface area contributed by atoms with E-state index in [9.17, 15) is 20.1 Å². The van der Waals surface area contributed by atoms with Crippen molar-refractivity contribution < 1.29 is 24.9 Å². The summed E-state index contributed by atoms with van der Waals surface area (Å²) in [4.78, 5) is 25.8. The topological polar surface area (TPSA) is 209 Å². The number of nitrogens with zero attached hydrogens (tertiary/aromatic N) is 4. The molecule has 31 heavy (non-hydrogen) atoms. The number of aliphatic hydroxyl groups is 2. The van der Waals surface area contributed by atoms with Crippen LogP contribution in [0.2, 0.25) is 0 Å². The lowest BCUT2D eigenvalue weighted by molar-refractivity contribution is -0.175. The van der Waals surface area contributed by atoms with Gasteiger partial charge in [0.1, 0.15) is 36.1 Å². The minimum absolute atomic E-state index is 0.0774. The summed E-state index contributed by atoms with van der Waals surface area (Å²) in [6.45, 7) is -0.524. The van der Waals surface area contributed by atoms with Gasteiger partial charge in [-0.05, 0) is 24.1 Å². The summed E-state index contributed by atoms with van der Waals surface area (Å²) in [6.07, 6.45) is -0.0565. The summed E-state index contributed by atoms with van der Waals surface area (Å²) in [5.41, 5.74) is 17.1. The first-order chi connectivity index (χ1) is 14.8. The number of ether oxygens (including phenoxy) is 1. The van der Waals surface area contributed by atoms with E-state index < -0.39 is 42.4 Å². The number of Topliss-reactive ketones (excluding diaryl/α,β-unsaturated/α-hetero) is 1. The highest BCUT2D eigenvalue weighted by Crippen LogP contribution is 2.38. The third-order valence-corrected chi connectivity index (χ3v) is 5.51. The van der Waals surface area contributed by atoms with Crippen LogP contribution in [-0.2, 0) is 21.7 Å². The van der Waals surface area contributed by atoms with Gasteiger partial charge in [0.15, 0.2) is 11.5 Å². The number of rotatable bonds is 6. The molecule has 12 heteroatoms. The Morgan fingerprint density at radius 1 is 1.26 bits per heavy atom. The molecule has 9 N–H and O–H groups in total. The van der Waals surface area contributed by atoms with Crippen molar-refractivity contribution in [1.29, 1.82) is 0 Å². The van der Waals surface area contributed by atoms with E-state index in [4.69, 9.17) is 21.9 Å². The fourth-order valence-electron chi connectivity index (χ4n) is 3.86. The molecule has 12 nitrogen and oxygen atoms in total. The Hall–Kier alpha value is -3.16. The number of nitrogens with two attached hydrogens (primary N) is 3. The monoisotopic (exact) mass is 429 g/mol. The highest BCUT2D eigenvalue weighted by molar-refractivity contribution is 5.93. The zero-order chi connectivity index (χ0) is 22.3. The SMILES string of the molecule is Nc1ncnc2c1ncn2[C@]1(C(=O)[C@@H](N)Cc2ccc(O)cc2)O[C@H](CO)[C@@H](N)[C@H]1O. The van der Waals surface area contributed by atoms with Gasteiger partial charge in [-0.25, -0.2) is 15.0 Å². The number of anilines is 1. The number of aromatic hydroxyl groups is 1. The molecule has 3 heterocycles. The molecule has 1 aliphatic heterocycles. The number of aromatic nitrogens is 4. The van der Waals surface area contributed by atoms with Crippen LogP contribution in [0.25, 0.3) is 11.2 Å². The van der Waals surface area contributed by atoms with Crippen LogP contribution in [0.4, 0.5) is 5.82 Å². The zero-order valence-electron chi connectivity index (χ0n) is 16.4. The Bertz CT molecular complexity index is 1100. The number of fused-ring (bicyclic) bond motifs is 1. The molecule has 5 atom stereocenters. The van der Waals surface area contributed by atoms with Crippen LogP contribution in [0.3, 0.4) is 0 Å². The van der Waals surface area contributed by atoms with Crippen LogP contribution in [0, 0.1) is 0 Å². The number of phenols is 1. The molecule has 0 bridgehead atoms. The Labute approximate surface area is 176 Å². The summed E-state index contributed by atoms with van der Waals surface area (Å²) in [5.74, 6) is -0.528. The molecule has 1 aromatic carbocycles. The molecule has 0 unspecified atom stereocenters. The molecule has 1 aliphatic rings. The van der Waals surface area contributed by atoms with Crippen LogP contribution in [-0.4, -0.2) is 71.5 Å². The number of carbonyl (C=O) groups is 1. The molecule has 0 spiro atoms. The highest BCUT2D eigenvalue weighted by atomic mass is 16.6. The Morgan fingerprint density at radius 3 is 2.61 bits per heavy atom.